The number of nitrogens with zero attached hydrogens (tertiary/aromatic N) is 1. The van der Waals surface area contributed by atoms with Gasteiger partial charge >= 0.3 is 0 Å². The van der Waals surface area contributed by atoms with Crippen LogP contribution < -0.4 is 5.73 Å². The zero-order chi connectivity index (χ0) is 13.8. The van der Waals surface area contributed by atoms with Gasteiger partial charge in [-0.1, -0.05) is 0 Å². The first-order valence-corrected chi connectivity index (χ1v) is 7.83. The van der Waals surface area contributed by atoms with Crippen molar-refractivity contribution in [1.82, 2.24) is 4.90 Å². The Hall–Kier alpha value is -0.700. The molecule has 0 bridgehead atoms. The normalized spacial score (nSPS) is 22.8. The highest BCUT2D eigenvalue weighted by Gasteiger charge is 2.30. The largest absolute Gasteiger partial charge is 0.394 e. The Bertz CT molecular complexity index is 384. The molecule has 1 saturated heterocycles. The number of hydrogen-bond acceptors (Lipinski definition) is 6. The number of sulfone groups is 1. The van der Waals surface area contributed by atoms with Crippen LogP contribution >= 0.6 is 0 Å². The van der Waals surface area contributed by atoms with Gasteiger partial charge in [-0.05, 0) is 6.42 Å². The number of carbonyl (C=O) groups excluding carboxylic acids is 1. The van der Waals surface area contributed by atoms with Gasteiger partial charge in [0.05, 0.1) is 37.7 Å². The second kappa shape index (κ2) is 6.46. The van der Waals surface area contributed by atoms with Gasteiger partial charge in [0.25, 0.3) is 0 Å². The van der Waals surface area contributed by atoms with Gasteiger partial charge in [-0.2, -0.15) is 0 Å². The highest BCUT2D eigenvalue weighted by molar-refractivity contribution is 7.90. The van der Waals surface area contributed by atoms with Crippen molar-refractivity contribution in [1.29, 1.82) is 0 Å². The van der Waals surface area contributed by atoms with Crippen LogP contribution in [-0.2, 0) is 19.4 Å². The first-order chi connectivity index (χ1) is 8.35. The first kappa shape index (κ1) is 15.4. The van der Waals surface area contributed by atoms with Gasteiger partial charge < -0.3 is 20.5 Å². The summed E-state index contributed by atoms with van der Waals surface area (Å²) in [4.78, 5) is 13.5. The third-order valence-corrected chi connectivity index (χ3v) is 3.82. The Balaban J connectivity index is 2.56. The molecule has 0 saturated carbocycles. The summed E-state index contributed by atoms with van der Waals surface area (Å²) in [6.07, 6.45) is 1.20. The number of ether oxygens (including phenoxy) is 1. The fraction of sp³-hybridized carbons (Fsp3) is 0.900. The number of nitrogens with two attached hydrogens (primary N) is 1. The summed E-state index contributed by atoms with van der Waals surface area (Å²) in [5, 5.41) is 9.14. The second-order valence-corrected chi connectivity index (χ2v) is 6.73. The predicted molar refractivity (Wildman–Crippen MR) is 65.7 cm³/mol. The van der Waals surface area contributed by atoms with Gasteiger partial charge in [0, 0.05) is 12.8 Å². The third kappa shape index (κ3) is 4.52. The monoisotopic (exact) mass is 280 g/mol. The number of amides is 1. The molecule has 0 spiro atoms. The summed E-state index contributed by atoms with van der Waals surface area (Å²) in [6.45, 7) is 0.864. The van der Waals surface area contributed by atoms with Crippen LogP contribution in [0.25, 0.3) is 0 Å². The molecule has 8 heteroatoms. The van der Waals surface area contributed by atoms with E-state index in [-0.39, 0.29) is 31.3 Å². The SMILES string of the molecule is CS(=O)(=O)CCC(N)C(=O)N1CCOCC1CO. The molecule has 106 valence electrons. The van der Waals surface area contributed by atoms with Crippen LogP contribution in [-0.4, -0.2) is 74.8 Å². The number of aliphatic hydroxyl groups is 1. The predicted octanol–water partition coefficient (Wildman–Crippen LogP) is -2.03. The van der Waals surface area contributed by atoms with Crippen molar-refractivity contribution in [2.75, 3.05) is 38.4 Å². The molecule has 0 aromatic heterocycles. The van der Waals surface area contributed by atoms with Gasteiger partial charge in [0.1, 0.15) is 9.84 Å². The topological polar surface area (TPSA) is 110 Å². The summed E-state index contributed by atoms with van der Waals surface area (Å²) in [5.41, 5.74) is 5.69. The molecule has 2 atom stereocenters. The van der Waals surface area contributed by atoms with Gasteiger partial charge in [0.2, 0.25) is 5.91 Å². The maximum atomic E-state index is 12.0. The lowest BCUT2D eigenvalue weighted by Crippen LogP contribution is -2.55. The number of aliphatic hydroxyl groups excluding tert-OH is 1. The van der Waals surface area contributed by atoms with E-state index in [4.69, 9.17) is 15.6 Å². The minimum atomic E-state index is -3.13. The molecule has 0 aromatic rings. The highest BCUT2D eigenvalue weighted by atomic mass is 32.2. The van der Waals surface area contributed by atoms with Crippen molar-refractivity contribution in [3.63, 3.8) is 0 Å². The van der Waals surface area contributed by atoms with E-state index in [0.29, 0.717) is 13.2 Å². The molecule has 0 aromatic carbocycles. The molecule has 0 aliphatic carbocycles. The third-order valence-electron chi connectivity index (χ3n) is 2.84. The summed E-state index contributed by atoms with van der Waals surface area (Å²) >= 11 is 0. The van der Waals surface area contributed by atoms with Crippen LogP contribution in [0.2, 0.25) is 0 Å². The Morgan fingerprint density at radius 3 is 2.83 bits per heavy atom. The molecule has 1 rings (SSSR count). The Morgan fingerprint density at radius 2 is 2.28 bits per heavy atom. The number of carbonyl (C=O) groups is 1. The fourth-order valence-corrected chi connectivity index (χ4v) is 2.46. The molecule has 3 N–H and O–H groups in total. The summed E-state index contributed by atoms with van der Waals surface area (Å²) < 4.78 is 27.2. The number of morpholine rings is 1. The average Bonchev–Trinajstić information content (AvgIpc) is 2.34. The summed E-state index contributed by atoms with van der Waals surface area (Å²) in [7, 11) is -3.13. The van der Waals surface area contributed by atoms with Crippen LogP contribution in [0.3, 0.4) is 0 Å². The zero-order valence-electron chi connectivity index (χ0n) is 10.4. The molecule has 0 radical (unpaired) electrons. The molecule has 18 heavy (non-hydrogen) atoms. The zero-order valence-corrected chi connectivity index (χ0v) is 11.2. The molecule has 7 nitrogen and oxygen atoms in total. The summed E-state index contributed by atoms with van der Waals surface area (Å²) in [5.74, 6) is -0.449. The van der Waals surface area contributed by atoms with E-state index in [1.54, 1.807) is 0 Å². The van der Waals surface area contributed by atoms with Crippen LogP contribution in [0.5, 0.6) is 0 Å². The number of rotatable bonds is 5. The Kier molecular flexibility index (Phi) is 5.51. The minimum absolute atomic E-state index is 0.0904. The Labute approximate surface area is 107 Å². The van der Waals surface area contributed by atoms with Gasteiger partial charge in [0.15, 0.2) is 0 Å². The molecule has 2 unspecified atom stereocenters. The van der Waals surface area contributed by atoms with E-state index in [0.717, 1.165) is 6.26 Å². The molecule has 1 aliphatic rings. The van der Waals surface area contributed by atoms with Crippen LogP contribution in [0, 0.1) is 0 Å². The molecular weight excluding hydrogens is 260 g/mol. The van der Waals surface area contributed by atoms with E-state index in [2.05, 4.69) is 0 Å². The molecule has 1 heterocycles. The quantitative estimate of drug-likeness (QED) is 0.601. The molecule has 1 fully saturated rings. The molecule has 1 amide bonds. The smallest absolute Gasteiger partial charge is 0.240 e. The maximum Gasteiger partial charge on any atom is 0.240 e. The Morgan fingerprint density at radius 1 is 1.61 bits per heavy atom. The lowest BCUT2D eigenvalue weighted by atomic mass is 10.1. The minimum Gasteiger partial charge on any atom is -0.394 e. The average molecular weight is 280 g/mol. The van der Waals surface area contributed by atoms with Crippen molar-refractivity contribution in [2.45, 2.75) is 18.5 Å². The standard InChI is InChI=1S/C10H20N2O5S/c1-18(15,16)5-2-9(11)10(14)12-3-4-17-7-8(12)6-13/h8-9,13H,2-7,11H2,1H3. The van der Waals surface area contributed by atoms with E-state index in [9.17, 15) is 13.2 Å². The van der Waals surface area contributed by atoms with Crippen LogP contribution in [0.1, 0.15) is 6.42 Å². The van der Waals surface area contributed by atoms with Crippen LogP contribution in [0.4, 0.5) is 0 Å². The van der Waals surface area contributed by atoms with Crippen molar-refractivity contribution >= 4 is 15.7 Å². The van der Waals surface area contributed by atoms with Crippen LogP contribution in [0.15, 0.2) is 0 Å². The number of hydrogen-bond donors (Lipinski definition) is 2. The fourth-order valence-electron chi connectivity index (χ4n) is 1.77. The van der Waals surface area contributed by atoms with Crippen molar-refractivity contribution in [3.05, 3.63) is 0 Å². The van der Waals surface area contributed by atoms with Crippen molar-refractivity contribution < 1.29 is 23.1 Å². The van der Waals surface area contributed by atoms with Crippen molar-refractivity contribution in [3.8, 4) is 0 Å². The van der Waals surface area contributed by atoms with E-state index >= 15 is 0 Å². The van der Waals surface area contributed by atoms with Gasteiger partial charge in [-0.15, -0.1) is 0 Å². The first-order valence-electron chi connectivity index (χ1n) is 5.77. The maximum absolute atomic E-state index is 12.0. The lowest BCUT2D eigenvalue weighted by molar-refractivity contribution is -0.143. The molecular formula is C10H20N2O5S. The second-order valence-electron chi connectivity index (χ2n) is 4.47. The van der Waals surface area contributed by atoms with Crippen molar-refractivity contribution in [2.24, 2.45) is 5.73 Å². The lowest BCUT2D eigenvalue weighted by Gasteiger charge is -2.36. The van der Waals surface area contributed by atoms with E-state index < -0.39 is 21.9 Å². The van der Waals surface area contributed by atoms with Gasteiger partial charge in [-0.25, -0.2) is 8.42 Å². The van der Waals surface area contributed by atoms with E-state index in [1.165, 1.54) is 4.90 Å². The highest BCUT2D eigenvalue weighted by Crippen LogP contribution is 2.09. The molecule has 1 aliphatic heterocycles. The summed E-state index contributed by atoms with van der Waals surface area (Å²) in [6, 6.07) is -1.25. The van der Waals surface area contributed by atoms with E-state index in [1.807, 2.05) is 0 Å². The van der Waals surface area contributed by atoms with Gasteiger partial charge in [-0.3, -0.25) is 4.79 Å².